The first-order valence-corrected chi connectivity index (χ1v) is 3.13. The first kappa shape index (κ1) is 9.80. The van der Waals surface area contributed by atoms with E-state index < -0.39 is 12.4 Å². The molecule has 0 amide bonds. The monoisotopic (exact) mass is 150 g/mol. The van der Waals surface area contributed by atoms with Crippen molar-refractivity contribution in [3.05, 3.63) is 0 Å². The van der Waals surface area contributed by atoms with Crippen LogP contribution >= 0.6 is 0 Å². The maximum atomic E-state index is 8.75. The van der Waals surface area contributed by atoms with E-state index in [1.807, 2.05) is 0 Å². The van der Waals surface area contributed by atoms with E-state index >= 15 is 0 Å². The number of rotatable bonds is 5. The van der Waals surface area contributed by atoms with Crippen molar-refractivity contribution in [3.8, 4) is 0 Å². The average Bonchev–Trinajstić information content (AvgIpc) is 1.88. The Kier molecular flexibility index (Phi) is 5.46. The summed E-state index contributed by atoms with van der Waals surface area (Å²) in [5.41, 5.74) is 5.12. The lowest BCUT2D eigenvalue weighted by Gasteiger charge is -2.12. The second-order valence-corrected chi connectivity index (χ2v) is 1.97. The average molecular weight is 150 g/mol. The molecule has 0 aliphatic heterocycles. The molecule has 0 bridgehead atoms. The minimum Gasteiger partial charge on any atom is -0.387 e. The van der Waals surface area contributed by atoms with Crippen LogP contribution in [0.2, 0.25) is 0 Å². The predicted molar refractivity (Wildman–Crippen MR) is 36.2 cm³/mol. The van der Waals surface area contributed by atoms with Crippen molar-refractivity contribution in [2.24, 2.45) is 5.73 Å². The predicted octanol–water partition coefficient (Wildman–Crippen LogP) is -2.79. The van der Waals surface area contributed by atoms with Gasteiger partial charge in [0.2, 0.25) is 0 Å². The van der Waals surface area contributed by atoms with Crippen LogP contribution in [-0.4, -0.2) is 47.3 Å². The highest BCUT2D eigenvalue weighted by Gasteiger charge is 2.10. The summed E-state index contributed by atoms with van der Waals surface area (Å²) in [7, 11) is 0. The summed E-state index contributed by atoms with van der Waals surface area (Å²) < 4.78 is 0. The molecule has 5 heteroatoms. The van der Waals surface area contributed by atoms with Gasteiger partial charge in [-0.2, -0.15) is 0 Å². The zero-order valence-electron chi connectivity index (χ0n) is 5.70. The Balaban J connectivity index is 3.13. The van der Waals surface area contributed by atoms with Crippen LogP contribution in [0.5, 0.6) is 0 Å². The highest BCUT2D eigenvalue weighted by Crippen LogP contribution is 1.84. The first-order valence-electron chi connectivity index (χ1n) is 3.13. The molecule has 62 valence electrons. The molecular formula is C5H14N2O3. The van der Waals surface area contributed by atoms with E-state index in [0.717, 1.165) is 0 Å². The third-order valence-corrected chi connectivity index (χ3v) is 1.02. The molecule has 0 aliphatic rings. The van der Waals surface area contributed by atoms with Crippen molar-refractivity contribution in [1.82, 2.24) is 5.32 Å². The van der Waals surface area contributed by atoms with Gasteiger partial charge >= 0.3 is 0 Å². The van der Waals surface area contributed by atoms with Crippen molar-refractivity contribution in [1.29, 1.82) is 0 Å². The SMILES string of the molecule is NCCNCC(O)C(O)O. The van der Waals surface area contributed by atoms with E-state index in [0.29, 0.717) is 13.1 Å². The highest BCUT2D eigenvalue weighted by atomic mass is 16.5. The van der Waals surface area contributed by atoms with Gasteiger partial charge in [-0.1, -0.05) is 0 Å². The summed E-state index contributed by atoms with van der Waals surface area (Å²) in [5, 5.41) is 28.2. The van der Waals surface area contributed by atoms with E-state index in [1.54, 1.807) is 0 Å². The number of hydrogen-bond donors (Lipinski definition) is 5. The van der Waals surface area contributed by atoms with Crippen LogP contribution in [0.15, 0.2) is 0 Å². The van der Waals surface area contributed by atoms with E-state index in [1.165, 1.54) is 0 Å². The van der Waals surface area contributed by atoms with E-state index in [-0.39, 0.29) is 6.54 Å². The van der Waals surface area contributed by atoms with Gasteiger partial charge < -0.3 is 26.4 Å². The highest BCUT2D eigenvalue weighted by molar-refractivity contribution is 4.60. The molecule has 1 atom stereocenters. The van der Waals surface area contributed by atoms with Crippen molar-refractivity contribution < 1.29 is 15.3 Å². The standard InChI is InChI=1S/C5H14N2O3/c6-1-2-7-3-4(8)5(9)10/h4-5,7-10H,1-3,6H2. The molecule has 0 aromatic heterocycles. The third kappa shape index (κ3) is 4.66. The molecule has 0 fully saturated rings. The second-order valence-electron chi connectivity index (χ2n) is 1.97. The van der Waals surface area contributed by atoms with Gasteiger partial charge in [-0.15, -0.1) is 0 Å². The number of aliphatic hydroxyl groups is 3. The van der Waals surface area contributed by atoms with Crippen LogP contribution in [0.25, 0.3) is 0 Å². The molecule has 0 spiro atoms. The molecular weight excluding hydrogens is 136 g/mol. The van der Waals surface area contributed by atoms with Crippen LogP contribution < -0.4 is 11.1 Å². The van der Waals surface area contributed by atoms with Gasteiger partial charge in [0.05, 0.1) is 0 Å². The lowest BCUT2D eigenvalue weighted by Crippen LogP contribution is -2.37. The molecule has 0 aliphatic carbocycles. The Morgan fingerprint density at radius 3 is 2.30 bits per heavy atom. The molecule has 1 unspecified atom stereocenters. The van der Waals surface area contributed by atoms with E-state index in [2.05, 4.69) is 5.32 Å². The lowest BCUT2D eigenvalue weighted by molar-refractivity contribution is -0.119. The fourth-order valence-corrected chi connectivity index (χ4v) is 0.457. The Hall–Kier alpha value is -0.200. The van der Waals surface area contributed by atoms with Crippen LogP contribution in [0.4, 0.5) is 0 Å². The van der Waals surface area contributed by atoms with E-state index in [4.69, 9.17) is 21.1 Å². The second kappa shape index (κ2) is 5.57. The molecule has 0 radical (unpaired) electrons. The maximum absolute atomic E-state index is 8.75. The Morgan fingerprint density at radius 1 is 1.30 bits per heavy atom. The molecule has 0 heterocycles. The Bertz CT molecular complexity index is 79.3. The largest absolute Gasteiger partial charge is 0.387 e. The molecule has 0 rings (SSSR count). The summed E-state index contributed by atoms with van der Waals surface area (Å²) in [6.07, 6.45) is -2.81. The van der Waals surface area contributed by atoms with Crippen molar-refractivity contribution in [2.45, 2.75) is 12.4 Å². The minimum atomic E-state index is -1.68. The maximum Gasteiger partial charge on any atom is 0.179 e. The lowest BCUT2D eigenvalue weighted by atomic mass is 10.3. The van der Waals surface area contributed by atoms with Gasteiger partial charge in [-0.25, -0.2) is 0 Å². The summed E-state index contributed by atoms with van der Waals surface area (Å²) in [6.45, 7) is 1.17. The van der Waals surface area contributed by atoms with Gasteiger partial charge in [-0.05, 0) is 0 Å². The summed E-state index contributed by atoms with van der Waals surface area (Å²) in [6, 6.07) is 0. The van der Waals surface area contributed by atoms with Gasteiger partial charge in [0.1, 0.15) is 6.10 Å². The molecule has 0 aromatic rings. The van der Waals surface area contributed by atoms with E-state index in [9.17, 15) is 0 Å². The zero-order valence-corrected chi connectivity index (χ0v) is 5.70. The van der Waals surface area contributed by atoms with Crippen LogP contribution in [0.1, 0.15) is 0 Å². The Labute approximate surface area is 59.5 Å². The minimum absolute atomic E-state index is 0.148. The van der Waals surface area contributed by atoms with Crippen LogP contribution in [-0.2, 0) is 0 Å². The smallest absolute Gasteiger partial charge is 0.179 e. The summed E-state index contributed by atoms with van der Waals surface area (Å²) in [5.74, 6) is 0. The molecule has 0 aromatic carbocycles. The normalized spacial score (nSPS) is 14.1. The molecule has 0 saturated carbocycles. The zero-order chi connectivity index (χ0) is 7.98. The van der Waals surface area contributed by atoms with Crippen molar-refractivity contribution in [3.63, 3.8) is 0 Å². The topological polar surface area (TPSA) is 98.7 Å². The fourth-order valence-electron chi connectivity index (χ4n) is 0.457. The third-order valence-electron chi connectivity index (χ3n) is 1.02. The number of aliphatic hydroxyl groups excluding tert-OH is 2. The van der Waals surface area contributed by atoms with Gasteiger partial charge in [0, 0.05) is 19.6 Å². The van der Waals surface area contributed by atoms with Gasteiger partial charge in [0.25, 0.3) is 0 Å². The molecule has 10 heavy (non-hydrogen) atoms. The fraction of sp³-hybridized carbons (Fsp3) is 1.00. The summed E-state index contributed by atoms with van der Waals surface area (Å²) >= 11 is 0. The number of nitrogens with one attached hydrogen (secondary N) is 1. The summed E-state index contributed by atoms with van der Waals surface area (Å²) in [4.78, 5) is 0. The van der Waals surface area contributed by atoms with Crippen molar-refractivity contribution in [2.75, 3.05) is 19.6 Å². The van der Waals surface area contributed by atoms with Crippen molar-refractivity contribution >= 4 is 0 Å². The quantitative estimate of drug-likeness (QED) is 0.215. The van der Waals surface area contributed by atoms with Crippen LogP contribution in [0, 0.1) is 0 Å². The number of hydrogen-bond acceptors (Lipinski definition) is 5. The first-order chi connectivity index (χ1) is 4.68. The molecule has 5 nitrogen and oxygen atoms in total. The van der Waals surface area contributed by atoms with Crippen LogP contribution in [0.3, 0.4) is 0 Å². The molecule has 6 N–H and O–H groups in total. The number of nitrogens with two attached hydrogens (primary N) is 1. The van der Waals surface area contributed by atoms with Gasteiger partial charge in [0.15, 0.2) is 6.29 Å². The Morgan fingerprint density at radius 2 is 1.90 bits per heavy atom. The van der Waals surface area contributed by atoms with Gasteiger partial charge in [-0.3, -0.25) is 0 Å². The molecule has 0 saturated heterocycles.